The molecule has 36 heavy (non-hydrogen) atoms. The second-order valence-corrected chi connectivity index (χ2v) is 10.5. The van der Waals surface area contributed by atoms with Crippen molar-refractivity contribution < 1.29 is 9.57 Å². The zero-order valence-corrected chi connectivity index (χ0v) is 22.2. The van der Waals surface area contributed by atoms with Crippen LogP contribution in [0.15, 0.2) is 30.5 Å². The number of pyridine rings is 2. The highest BCUT2D eigenvalue weighted by Crippen LogP contribution is 2.32. The number of aromatic nitrogens is 2. The molecule has 1 saturated carbocycles. The van der Waals surface area contributed by atoms with Gasteiger partial charge in [0, 0.05) is 49.6 Å². The van der Waals surface area contributed by atoms with Crippen LogP contribution in [0.25, 0.3) is 11.3 Å². The molecular formula is C27H37ClN6O2. The maximum Gasteiger partial charge on any atom is 0.126 e. The lowest BCUT2D eigenvalue weighted by atomic mass is 9.82. The normalized spacial score (nSPS) is 21.8. The maximum atomic E-state index is 9.73. The highest BCUT2D eigenvalue weighted by Gasteiger charge is 2.32. The highest BCUT2D eigenvalue weighted by molar-refractivity contribution is 6.33. The minimum absolute atomic E-state index is 0.358. The summed E-state index contributed by atoms with van der Waals surface area (Å²) in [5.41, 5.74) is 1.18. The molecule has 2 aromatic heterocycles. The number of nitrogens with one attached hydrogen (secondary N) is 2. The van der Waals surface area contributed by atoms with Crippen LogP contribution in [-0.4, -0.2) is 60.0 Å². The Balaban J connectivity index is 1.41. The third kappa shape index (κ3) is 6.46. The molecule has 4 rings (SSSR count). The van der Waals surface area contributed by atoms with E-state index in [1.807, 2.05) is 24.3 Å². The molecule has 0 bridgehead atoms. The Morgan fingerprint density at radius 2 is 1.97 bits per heavy atom. The fourth-order valence-corrected chi connectivity index (χ4v) is 5.41. The number of anilines is 2. The quantitative estimate of drug-likeness (QED) is 0.424. The second kappa shape index (κ2) is 12.2. The van der Waals surface area contributed by atoms with Gasteiger partial charge >= 0.3 is 0 Å². The van der Waals surface area contributed by atoms with Crippen LogP contribution in [0.5, 0.6) is 0 Å². The zero-order valence-electron chi connectivity index (χ0n) is 21.5. The number of rotatable bonds is 9. The molecule has 2 fully saturated rings. The van der Waals surface area contributed by atoms with E-state index in [0.717, 1.165) is 61.4 Å². The molecule has 0 spiro atoms. The molecule has 0 unspecified atom stereocenters. The summed E-state index contributed by atoms with van der Waals surface area (Å²) in [7, 11) is 1.76. The lowest BCUT2D eigenvalue weighted by molar-refractivity contribution is -0.189. The van der Waals surface area contributed by atoms with E-state index < -0.39 is 5.41 Å². The van der Waals surface area contributed by atoms with Crippen LogP contribution in [0.4, 0.5) is 11.6 Å². The van der Waals surface area contributed by atoms with Crippen molar-refractivity contribution in [1.29, 1.82) is 5.26 Å². The van der Waals surface area contributed by atoms with Gasteiger partial charge in [-0.05, 0) is 70.6 Å². The van der Waals surface area contributed by atoms with Gasteiger partial charge in [-0.15, -0.1) is 0 Å². The Morgan fingerprint density at radius 1 is 1.22 bits per heavy atom. The van der Waals surface area contributed by atoms with Gasteiger partial charge < -0.3 is 20.2 Å². The van der Waals surface area contributed by atoms with E-state index in [4.69, 9.17) is 26.2 Å². The topological polar surface area (TPSA) is 95.3 Å². The van der Waals surface area contributed by atoms with E-state index in [1.165, 1.54) is 0 Å². The van der Waals surface area contributed by atoms with E-state index in [9.17, 15) is 5.26 Å². The molecule has 1 aliphatic carbocycles. The molecule has 0 radical (unpaired) electrons. The van der Waals surface area contributed by atoms with Gasteiger partial charge in [0.05, 0.1) is 29.3 Å². The summed E-state index contributed by atoms with van der Waals surface area (Å²) in [6, 6.07) is 11.5. The molecule has 0 aromatic carbocycles. The lowest BCUT2D eigenvalue weighted by Crippen LogP contribution is -2.43. The van der Waals surface area contributed by atoms with Crippen molar-refractivity contribution in [2.45, 2.75) is 70.5 Å². The van der Waals surface area contributed by atoms with Gasteiger partial charge in [0.15, 0.2) is 0 Å². The highest BCUT2D eigenvalue weighted by atomic mass is 35.5. The van der Waals surface area contributed by atoms with Gasteiger partial charge in [0.25, 0.3) is 0 Å². The smallest absolute Gasteiger partial charge is 0.126 e. The molecule has 0 atom stereocenters. The average Bonchev–Trinajstić information content (AvgIpc) is 2.90. The van der Waals surface area contributed by atoms with E-state index in [-0.39, 0.29) is 0 Å². The van der Waals surface area contributed by atoms with Crippen molar-refractivity contribution in [3.63, 3.8) is 0 Å². The van der Waals surface area contributed by atoms with Crippen molar-refractivity contribution in [3.8, 4) is 17.3 Å². The van der Waals surface area contributed by atoms with Crippen molar-refractivity contribution >= 4 is 23.2 Å². The first-order valence-electron chi connectivity index (χ1n) is 12.9. The molecule has 1 saturated heterocycles. The fourth-order valence-electron chi connectivity index (χ4n) is 5.21. The minimum atomic E-state index is -0.421. The van der Waals surface area contributed by atoms with Crippen LogP contribution >= 0.6 is 11.6 Å². The van der Waals surface area contributed by atoms with Crippen molar-refractivity contribution in [1.82, 2.24) is 15.0 Å². The number of hydroxylamine groups is 2. The Kier molecular flexibility index (Phi) is 9.02. The van der Waals surface area contributed by atoms with Crippen LogP contribution < -0.4 is 10.6 Å². The molecule has 0 amide bonds. The van der Waals surface area contributed by atoms with Gasteiger partial charge in [-0.3, -0.25) is 0 Å². The number of nitrogens with zero attached hydrogens (tertiary/aromatic N) is 4. The minimum Gasteiger partial charge on any atom is -0.381 e. The summed E-state index contributed by atoms with van der Waals surface area (Å²) in [6.07, 6.45) is 7.41. The lowest BCUT2D eigenvalue weighted by Gasteiger charge is -2.37. The zero-order chi connectivity index (χ0) is 25.5. The second-order valence-electron chi connectivity index (χ2n) is 10.1. The van der Waals surface area contributed by atoms with Crippen molar-refractivity contribution in [3.05, 3.63) is 35.5 Å². The van der Waals surface area contributed by atoms with Crippen LogP contribution in [0.3, 0.4) is 0 Å². The van der Waals surface area contributed by atoms with Crippen LogP contribution in [-0.2, 0) is 9.57 Å². The number of halogens is 1. The Hall–Kier alpha value is -2.44. The third-order valence-corrected chi connectivity index (χ3v) is 7.60. The first-order chi connectivity index (χ1) is 17.4. The fraction of sp³-hybridized carbons (Fsp3) is 0.593. The number of nitriles is 1. The van der Waals surface area contributed by atoms with E-state index in [2.05, 4.69) is 40.6 Å². The monoisotopic (exact) mass is 512 g/mol. The van der Waals surface area contributed by atoms with Crippen molar-refractivity contribution in [2.75, 3.05) is 37.5 Å². The largest absolute Gasteiger partial charge is 0.381 e. The predicted molar refractivity (Wildman–Crippen MR) is 143 cm³/mol. The van der Waals surface area contributed by atoms with Gasteiger partial charge in [-0.2, -0.15) is 10.3 Å². The van der Waals surface area contributed by atoms with E-state index in [0.29, 0.717) is 42.9 Å². The van der Waals surface area contributed by atoms with Crippen molar-refractivity contribution in [2.24, 2.45) is 5.41 Å². The summed E-state index contributed by atoms with van der Waals surface area (Å²) in [6.45, 7) is 6.11. The van der Waals surface area contributed by atoms with Crippen LogP contribution in [0.1, 0.15) is 52.4 Å². The van der Waals surface area contributed by atoms with Crippen LogP contribution in [0, 0.1) is 16.7 Å². The van der Waals surface area contributed by atoms with Crippen LogP contribution in [0.2, 0.25) is 5.02 Å². The Morgan fingerprint density at radius 3 is 2.64 bits per heavy atom. The Labute approximate surface area is 219 Å². The molecule has 2 aliphatic rings. The summed E-state index contributed by atoms with van der Waals surface area (Å²) in [4.78, 5) is 14.9. The van der Waals surface area contributed by atoms with Gasteiger partial charge in [-0.25, -0.2) is 9.97 Å². The Bertz CT molecular complexity index is 1040. The summed E-state index contributed by atoms with van der Waals surface area (Å²) in [5, 5.41) is 19.4. The molecule has 2 aromatic rings. The molecule has 3 heterocycles. The number of hydrogen-bond donors (Lipinski definition) is 2. The molecule has 194 valence electrons. The standard InChI is InChI=1S/C27H37ClN6O2/c1-19(2)34(35-3)21-9-7-20(8-10-21)32-26-15-22(23(28)16-30-26)24-5-4-6-25(33-24)31-18-27(17-29)11-13-36-14-12-27/h4-6,15-16,19-21H,7-14,18H2,1-3H3,(H,30,32)(H,31,33). The van der Waals surface area contributed by atoms with Gasteiger partial charge in [0.1, 0.15) is 11.6 Å². The summed E-state index contributed by atoms with van der Waals surface area (Å²) >= 11 is 6.54. The first kappa shape index (κ1) is 26.6. The van der Waals surface area contributed by atoms with Gasteiger partial charge in [-0.1, -0.05) is 17.7 Å². The average molecular weight is 513 g/mol. The first-order valence-corrected chi connectivity index (χ1v) is 13.3. The molecule has 8 nitrogen and oxygen atoms in total. The molecule has 2 N–H and O–H groups in total. The number of ether oxygens (including phenoxy) is 1. The maximum absolute atomic E-state index is 9.73. The molecule has 9 heteroatoms. The van der Waals surface area contributed by atoms with Gasteiger partial charge in [0.2, 0.25) is 0 Å². The third-order valence-electron chi connectivity index (χ3n) is 7.30. The summed E-state index contributed by atoms with van der Waals surface area (Å²) in [5.74, 6) is 1.53. The van der Waals surface area contributed by atoms with E-state index in [1.54, 1.807) is 13.3 Å². The summed E-state index contributed by atoms with van der Waals surface area (Å²) < 4.78 is 5.44. The molecule has 1 aliphatic heterocycles. The SMILES string of the molecule is CON(C(C)C)C1CCC(Nc2cc(-c3cccc(NCC4(C#N)CCOCC4)n3)c(Cl)cn2)CC1. The molecular weight excluding hydrogens is 476 g/mol. The number of hydrogen-bond acceptors (Lipinski definition) is 8. The predicted octanol–water partition coefficient (Wildman–Crippen LogP) is 5.52. The van der Waals surface area contributed by atoms with E-state index >= 15 is 0 Å².